The first-order chi connectivity index (χ1) is 15.3. The lowest BCUT2D eigenvalue weighted by Gasteiger charge is -2.28. The third kappa shape index (κ3) is 2.48. The van der Waals surface area contributed by atoms with Crippen LogP contribution >= 0.6 is 11.9 Å². The van der Waals surface area contributed by atoms with Gasteiger partial charge in [-0.2, -0.15) is 5.10 Å². The average molecular weight is 446 g/mol. The molecule has 1 aromatic carbocycles. The molecule has 2 aliphatic rings. The van der Waals surface area contributed by atoms with Gasteiger partial charge >= 0.3 is 0 Å². The molecule has 0 saturated heterocycles. The number of likely N-dealkylation sites (N-methyl/N-ethyl adjacent to an activating group) is 1. The van der Waals surface area contributed by atoms with Crippen molar-refractivity contribution in [2.45, 2.75) is 24.4 Å². The second-order valence-electron chi connectivity index (χ2n) is 8.87. The Morgan fingerprint density at radius 2 is 1.84 bits per heavy atom. The van der Waals surface area contributed by atoms with Crippen LogP contribution in [0.1, 0.15) is 24.2 Å². The van der Waals surface area contributed by atoms with Crippen molar-refractivity contribution in [3.05, 3.63) is 48.4 Å². The van der Waals surface area contributed by atoms with Gasteiger partial charge in [-0.1, -0.05) is 0 Å². The molecule has 0 saturated carbocycles. The molecule has 0 unspecified atom stereocenters. The summed E-state index contributed by atoms with van der Waals surface area (Å²) in [5.41, 5.74) is 9.60. The van der Waals surface area contributed by atoms with Crippen molar-refractivity contribution in [2.24, 2.45) is 14.1 Å². The first-order valence-electron chi connectivity index (χ1n) is 10.4. The van der Waals surface area contributed by atoms with E-state index in [9.17, 15) is 4.79 Å². The molecule has 0 amide bonds. The van der Waals surface area contributed by atoms with Crippen LogP contribution < -0.4 is 14.7 Å². The van der Waals surface area contributed by atoms with Gasteiger partial charge < -0.3 is 9.47 Å². The minimum atomic E-state index is -0.573. The number of benzene rings is 1. The molecule has 1 N–H and O–H groups in total. The molecule has 8 nitrogen and oxygen atoms in total. The first kappa shape index (κ1) is 19.2. The van der Waals surface area contributed by atoms with Crippen molar-refractivity contribution in [2.75, 3.05) is 21.8 Å². The molecule has 0 bridgehead atoms. The minimum Gasteiger partial charge on any atom is -0.361 e. The summed E-state index contributed by atoms with van der Waals surface area (Å²) in [5, 5.41) is 6.46. The zero-order chi connectivity index (χ0) is 22.4. The number of carbonyl (C=O) groups excluding carboxylic acids is 1. The number of hydrogen-bond acceptors (Lipinski definition) is 7. The van der Waals surface area contributed by atoms with Gasteiger partial charge in [-0.3, -0.25) is 14.9 Å². The number of anilines is 3. The van der Waals surface area contributed by atoms with Gasteiger partial charge in [-0.05, 0) is 38.1 Å². The lowest BCUT2D eigenvalue weighted by atomic mass is 9.96. The van der Waals surface area contributed by atoms with E-state index in [1.54, 1.807) is 4.68 Å². The zero-order valence-corrected chi connectivity index (χ0v) is 19.4. The molecule has 162 valence electrons. The van der Waals surface area contributed by atoms with Crippen LogP contribution in [0.2, 0.25) is 0 Å². The van der Waals surface area contributed by atoms with Crippen LogP contribution in [0.5, 0.6) is 0 Å². The Hall–Kier alpha value is -3.46. The Kier molecular flexibility index (Phi) is 3.78. The highest BCUT2D eigenvalue weighted by Gasteiger charge is 2.43. The van der Waals surface area contributed by atoms with E-state index >= 15 is 0 Å². The number of fused-ring (bicyclic) bond motifs is 3. The SMILES string of the molecule is CN1c2cc3c(cc2C(=O)C1(C)C)NN(Sc1ccn(C)n1)c1ccnc2c1c-3cn2C. The number of carbonyl (C=O) groups is 1. The third-order valence-corrected chi connectivity index (χ3v) is 7.45. The molecule has 32 heavy (non-hydrogen) atoms. The number of nitrogens with zero attached hydrogens (tertiary/aromatic N) is 6. The monoisotopic (exact) mass is 445 g/mol. The number of Topliss-reactive ketones (excluding diaryl/α,β-unsaturated/α-hetero) is 1. The van der Waals surface area contributed by atoms with E-state index in [2.05, 4.69) is 37.2 Å². The van der Waals surface area contributed by atoms with Crippen molar-refractivity contribution in [1.82, 2.24) is 19.3 Å². The van der Waals surface area contributed by atoms with E-state index in [4.69, 9.17) is 0 Å². The Labute approximate surface area is 189 Å². The number of hydrogen-bond donors (Lipinski definition) is 1. The van der Waals surface area contributed by atoms with Gasteiger partial charge in [-0.25, -0.2) is 9.40 Å². The number of rotatable bonds is 2. The molecule has 3 aromatic heterocycles. The Morgan fingerprint density at radius 1 is 1.03 bits per heavy atom. The second kappa shape index (κ2) is 6.29. The highest BCUT2D eigenvalue weighted by Crippen LogP contribution is 2.49. The van der Waals surface area contributed by atoms with E-state index < -0.39 is 5.54 Å². The summed E-state index contributed by atoms with van der Waals surface area (Å²) >= 11 is 1.50. The van der Waals surface area contributed by atoms with E-state index in [0.29, 0.717) is 0 Å². The summed E-state index contributed by atoms with van der Waals surface area (Å²) in [6, 6.07) is 8.11. The normalized spacial score (nSPS) is 16.2. The van der Waals surface area contributed by atoms with Gasteiger partial charge in [-0.15, -0.1) is 0 Å². The smallest absolute Gasteiger partial charge is 0.189 e. The number of ketones is 1. The topological polar surface area (TPSA) is 71.2 Å². The van der Waals surface area contributed by atoms with E-state index in [1.807, 2.05) is 70.0 Å². The lowest BCUT2D eigenvalue weighted by Crippen LogP contribution is -2.42. The summed E-state index contributed by atoms with van der Waals surface area (Å²) in [5.74, 6) is 0.130. The summed E-state index contributed by atoms with van der Waals surface area (Å²) in [7, 11) is 5.90. The van der Waals surface area contributed by atoms with Gasteiger partial charge in [0.25, 0.3) is 0 Å². The number of hydrazine groups is 1. The maximum Gasteiger partial charge on any atom is 0.189 e. The van der Waals surface area contributed by atoms with Gasteiger partial charge in [0.2, 0.25) is 0 Å². The maximum atomic E-state index is 13.2. The molecule has 6 rings (SSSR count). The fourth-order valence-electron chi connectivity index (χ4n) is 4.58. The highest BCUT2D eigenvalue weighted by molar-refractivity contribution is 8.00. The summed E-state index contributed by atoms with van der Waals surface area (Å²) in [4.78, 5) is 19.9. The number of aromatic nitrogens is 4. The maximum absolute atomic E-state index is 13.2. The molecule has 0 atom stereocenters. The second-order valence-corrected chi connectivity index (χ2v) is 9.84. The van der Waals surface area contributed by atoms with Crippen LogP contribution in [-0.4, -0.2) is 37.7 Å². The van der Waals surface area contributed by atoms with Crippen molar-refractivity contribution in [3.8, 4) is 11.1 Å². The fraction of sp³-hybridized carbons (Fsp3) is 0.261. The van der Waals surface area contributed by atoms with Crippen LogP contribution in [0.25, 0.3) is 22.2 Å². The fourth-order valence-corrected chi connectivity index (χ4v) is 5.45. The van der Waals surface area contributed by atoms with E-state index in [0.717, 1.165) is 49.8 Å². The Morgan fingerprint density at radius 3 is 2.59 bits per heavy atom. The number of aryl methyl sites for hydroxylation is 2. The molecule has 0 spiro atoms. The molecule has 0 radical (unpaired) electrons. The minimum absolute atomic E-state index is 0.130. The van der Waals surface area contributed by atoms with Crippen LogP contribution in [0.4, 0.5) is 17.1 Å². The molecular weight excluding hydrogens is 422 g/mol. The van der Waals surface area contributed by atoms with Crippen LogP contribution in [0, 0.1) is 0 Å². The van der Waals surface area contributed by atoms with Crippen molar-refractivity contribution < 1.29 is 4.79 Å². The van der Waals surface area contributed by atoms with Crippen LogP contribution in [-0.2, 0) is 14.1 Å². The van der Waals surface area contributed by atoms with Crippen LogP contribution in [0.15, 0.2) is 47.9 Å². The van der Waals surface area contributed by atoms with E-state index in [1.165, 1.54) is 11.9 Å². The van der Waals surface area contributed by atoms with Crippen molar-refractivity contribution in [1.29, 1.82) is 0 Å². The van der Waals surface area contributed by atoms with Gasteiger partial charge in [0.1, 0.15) is 10.7 Å². The highest BCUT2D eigenvalue weighted by atomic mass is 32.2. The third-order valence-electron chi connectivity index (χ3n) is 6.58. The molecule has 0 fully saturated rings. The zero-order valence-electron chi connectivity index (χ0n) is 18.5. The average Bonchev–Trinajstić information content (AvgIpc) is 3.35. The molecule has 9 heteroatoms. The number of pyridine rings is 1. The summed E-state index contributed by atoms with van der Waals surface area (Å²) in [6.07, 6.45) is 5.86. The summed E-state index contributed by atoms with van der Waals surface area (Å²) in [6.45, 7) is 3.94. The molecule has 0 aliphatic carbocycles. The number of nitrogens with one attached hydrogen (secondary N) is 1. The van der Waals surface area contributed by atoms with Gasteiger partial charge in [0.05, 0.1) is 22.3 Å². The predicted molar refractivity (Wildman–Crippen MR) is 128 cm³/mol. The van der Waals surface area contributed by atoms with Crippen molar-refractivity contribution >= 4 is 45.8 Å². The Bertz CT molecular complexity index is 1430. The first-order valence-corrected chi connectivity index (χ1v) is 11.2. The van der Waals surface area contributed by atoms with Gasteiger partial charge in [0, 0.05) is 74.1 Å². The molecule has 5 heterocycles. The largest absolute Gasteiger partial charge is 0.361 e. The molecular formula is C23H23N7OS. The van der Waals surface area contributed by atoms with Crippen molar-refractivity contribution in [3.63, 3.8) is 0 Å². The quantitative estimate of drug-likeness (QED) is 0.463. The predicted octanol–water partition coefficient (Wildman–Crippen LogP) is 4.24. The molecule has 2 aliphatic heterocycles. The Balaban J connectivity index is 1.60. The molecule has 4 aromatic rings. The standard InChI is InChI=1S/C23H23N7OS/c1-23(2)21(31)14-10-16-13(11-18(14)29(23)5)15-12-27(3)22-20(15)17(6-8-24-22)30(25-16)32-19-7-9-28(4)26-19/h6-12,25H,1-5H3. The van der Waals surface area contributed by atoms with Gasteiger partial charge in [0.15, 0.2) is 5.78 Å². The summed E-state index contributed by atoms with van der Waals surface area (Å²) < 4.78 is 5.86. The van der Waals surface area contributed by atoms with Crippen LogP contribution in [0.3, 0.4) is 0 Å². The van der Waals surface area contributed by atoms with E-state index in [-0.39, 0.29) is 5.78 Å². The lowest BCUT2D eigenvalue weighted by molar-refractivity contribution is 0.0927.